The summed E-state index contributed by atoms with van der Waals surface area (Å²) < 4.78 is 1.76. The van der Waals surface area contributed by atoms with E-state index in [1.165, 1.54) is 25.6 Å². The van der Waals surface area contributed by atoms with Gasteiger partial charge in [0.1, 0.15) is 6.33 Å². The maximum absolute atomic E-state index is 12.2. The summed E-state index contributed by atoms with van der Waals surface area (Å²) in [5, 5.41) is 3.48. The summed E-state index contributed by atoms with van der Waals surface area (Å²) in [6.45, 7) is 2.88. The first kappa shape index (κ1) is 12.4. The molecule has 2 fully saturated rings. The molecular formula is C14H18N4OS. The molecule has 1 aromatic rings. The minimum absolute atomic E-state index is 0.0415. The smallest absolute Gasteiger partial charge is 0.333 e. The lowest BCUT2D eigenvalue weighted by Crippen LogP contribution is -2.42. The Morgan fingerprint density at radius 2 is 2.35 bits per heavy atom. The Labute approximate surface area is 122 Å². The lowest BCUT2D eigenvalue weighted by molar-refractivity contribution is 0.248. The number of urea groups is 1. The fourth-order valence-corrected chi connectivity index (χ4v) is 5.63. The fraction of sp³-hybridized carbons (Fsp3) is 0.643. The third-order valence-electron chi connectivity index (χ3n) is 4.96. The summed E-state index contributed by atoms with van der Waals surface area (Å²) in [5.41, 5.74) is 0.998. The topological polar surface area (TPSA) is 58.1 Å². The number of aromatic nitrogens is 2. The maximum atomic E-state index is 12.2. The van der Waals surface area contributed by atoms with E-state index in [0.717, 1.165) is 29.1 Å². The fourth-order valence-electron chi connectivity index (χ4n) is 3.98. The molecular weight excluding hydrogens is 272 g/mol. The highest BCUT2D eigenvalue weighted by Crippen LogP contribution is 2.54. The van der Waals surface area contributed by atoms with Crippen molar-refractivity contribution in [2.24, 2.45) is 17.8 Å². The lowest BCUT2D eigenvalue weighted by atomic mass is 9.91. The second kappa shape index (κ2) is 4.62. The van der Waals surface area contributed by atoms with Crippen molar-refractivity contribution >= 4 is 23.8 Å². The standard InChI is InChI=1S/C14H18N4OS/c1-8-4-9-2-3-11(8)12(9)20-18-13-10(5-15-7-17-13)6-16-14(18)19/h5,7-9,11-12H,2-4,6H2,1H3,(H,16,19). The van der Waals surface area contributed by atoms with E-state index in [4.69, 9.17) is 0 Å². The summed E-state index contributed by atoms with van der Waals surface area (Å²) in [5.74, 6) is 3.08. The Hall–Kier alpha value is -1.30. The summed E-state index contributed by atoms with van der Waals surface area (Å²) in [4.78, 5) is 20.6. The molecule has 1 aromatic heterocycles. The van der Waals surface area contributed by atoms with Crippen LogP contribution in [-0.2, 0) is 6.54 Å². The minimum Gasteiger partial charge on any atom is -0.333 e. The van der Waals surface area contributed by atoms with E-state index in [0.29, 0.717) is 11.8 Å². The molecule has 0 radical (unpaired) electrons. The van der Waals surface area contributed by atoms with Crippen molar-refractivity contribution in [3.05, 3.63) is 18.1 Å². The predicted molar refractivity (Wildman–Crippen MR) is 78.1 cm³/mol. The number of nitrogens with one attached hydrogen (secondary N) is 1. The maximum Gasteiger partial charge on any atom is 0.333 e. The molecule has 6 heteroatoms. The van der Waals surface area contributed by atoms with Crippen LogP contribution in [0.3, 0.4) is 0 Å². The summed E-state index contributed by atoms with van der Waals surface area (Å²) in [6.07, 6.45) is 7.26. The largest absolute Gasteiger partial charge is 0.333 e. The first-order chi connectivity index (χ1) is 9.74. The number of nitrogens with zero attached hydrogens (tertiary/aromatic N) is 3. The molecule has 106 valence electrons. The van der Waals surface area contributed by atoms with Crippen LogP contribution in [0.15, 0.2) is 12.5 Å². The van der Waals surface area contributed by atoms with Gasteiger partial charge in [0.05, 0.1) is 0 Å². The molecule has 4 unspecified atom stereocenters. The second-order valence-corrected chi connectivity index (χ2v) is 7.23. The van der Waals surface area contributed by atoms with Crippen molar-refractivity contribution in [3.8, 4) is 0 Å². The lowest BCUT2D eigenvalue weighted by Gasteiger charge is -2.30. The van der Waals surface area contributed by atoms with E-state index in [-0.39, 0.29) is 6.03 Å². The van der Waals surface area contributed by atoms with Crippen LogP contribution in [0.1, 0.15) is 31.7 Å². The van der Waals surface area contributed by atoms with Crippen molar-refractivity contribution in [1.29, 1.82) is 0 Å². The third-order valence-corrected chi connectivity index (χ3v) is 6.49. The third kappa shape index (κ3) is 1.81. The van der Waals surface area contributed by atoms with Gasteiger partial charge in [0.15, 0.2) is 5.82 Å². The molecule has 2 bridgehead atoms. The van der Waals surface area contributed by atoms with Crippen LogP contribution < -0.4 is 9.62 Å². The van der Waals surface area contributed by atoms with Crippen LogP contribution >= 0.6 is 11.9 Å². The summed E-state index contributed by atoms with van der Waals surface area (Å²) in [6, 6.07) is -0.0415. The minimum atomic E-state index is -0.0415. The van der Waals surface area contributed by atoms with Gasteiger partial charge in [-0.1, -0.05) is 6.92 Å². The van der Waals surface area contributed by atoms with Crippen LogP contribution in [0.4, 0.5) is 10.6 Å². The quantitative estimate of drug-likeness (QED) is 0.851. The monoisotopic (exact) mass is 290 g/mol. The van der Waals surface area contributed by atoms with Crippen molar-refractivity contribution < 1.29 is 4.79 Å². The van der Waals surface area contributed by atoms with Gasteiger partial charge in [-0.3, -0.25) is 0 Å². The van der Waals surface area contributed by atoms with Gasteiger partial charge in [-0.05, 0) is 49.0 Å². The first-order valence-corrected chi connectivity index (χ1v) is 8.11. The molecule has 5 nitrogen and oxygen atoms in total. The van der Waals surface area contributed by atoms with Crippen molar-refractivity contribution in [1.82, 2.24) is 15.3 Å². The first-order valence-electron chi connectivity index (χ1n) is 7.27. The highest BCUT2D eigenvalue weighted by Gasteiger charge is 2.48. The average Bonchev–Trinajstić information content (AvgIpc) is 2.98. The Balaban J connectivity index is 1.61. The molecule has 20 heavy (non-hydrogen) atoms. The van der Waals surface area contributed by atoms with Gasteiger partial charge >= 0.3 is 6.03 Å². The Morgan fingerprint density at radius 1 is 1.45 bits per heavy atom. The molecule has 1 N–H and O–H groups in total. The SMILES string of the molecule is CC1CC2CCC1C2SN1C(=O)NCc2cncnc21. The van der Waals surface area contributed by atoms with Crippen molar-refractivity contribution in [2.75, 3.05) is 4.31 Å². The Morgan fingerprint density at radius 3 is 3.10 bits per heavy atom. The number of carbonyl (C=O) groups excluding carboxylic acids is 1. The van der Waals surface area contributed by atoms with Gasteiger partial charge in [0.2, 0.25) is 0 Å². The van der Waals surface area contributed by atoms with E-state index < -0.39 is 0 Å². The van der Waals surface area contributed by atoms with Crippen LogP contribution in [0, 0.1) is 17.8 Å². The molecule has 4 rings (SSSR count). The van der Waals surface area contributed by atoms with Crippen LogP contribution in [0.2, 0.25) is 0 Å². The predicted octanol–water partition coefficient (Wildman–Crippen LogP) is 2.59. The van der Waals surface area contributed by atoms with E-state index >= 15 is 0 Å². The number of hydrogen-bond acceptors (Lipinski definition) is 4. The van der Waals surface area contributed by atoms with E-state index in [1.807, 2.05) is 0 Å². The van der Waals surface area contributed by atoms with E-state index in [2.05, 4.69) is 22.2 Å². The molecule has 0 spiro atoms. The number of rotatable bonds is 2. The number of anilines is 1. The van der Waals surface area contributed by atoms with E-state index in [9.17, 15) is 4.79 Å². The molecule has 3 aliphatic rings. The van der Waals surface area contributed by atoms with Gasteiger partial charge in [-0.25, -0.2) is 19.1 Å². The summed E-state index contributed by atoms with van der Waals surface area (Å²) >= 11 is 1.69. The second-order valence-electron chi connectivity index (χ2n) is 6.11. The number of carbonyl (C=O) groups is 1. The zero-order valence-corrected chi connectivity index (χ0v) is 12.3. The molecule has 2 saturated carbocycles. The number of fused-ring (bicyclic) bond motifs is 3. The van der Waals surface area contributed by atoms with Gasteiger partial charge < -0.3 is 5.32 Å². The van der Waals surface area contributed by atoms with Crippen LogP contribution in [0.25, 0.3) is 0 Å². The van der Waals surface area contributed by atoms with Crippen molar-refractivity contribution in [2.45, 2.75) is 38.0 Å². The molecule has 2 heterocycles. The zero-order valence-electron chi connectivity index (χ0n) is 11.5. The molecule has 2 aliphatic carbocycles. The molecule has 4 atom stereocenters. The molecule has 0 aromatic carbocycles. The highest BCUT2D eigenvalue weighted by atomic mass is 32.2. The molecule has 2 amide bonds. The highest BCUT2D eigenvalue weighted by molar-refractivity contribution is 8.02. The van der Waals surface area contributed by atoms with Crippen molar-refractivity contribution in [3.63, 3.8) is 0 Å². The van der Waals surface area contributed by atoms with Gasteiger partial charge in [0, 0.05) is 23.6 Å². The number of amides is 2. The zero-order chi connectivity index (χ0) is 13.7. The summed E-state index contributed by atoms with van der Waals surface area (Å²) in [7, 11) is 0. The van der Waals surface area contributed by atoms with Gasteiger partial charge in [-0.15, -0.1) is 0 Å². The van der Waals surface area contributed by atoms with Crippen LogP contribution in [0.5, 0.6) is 0 Å². The average molecular weight is 290 g/mol. The van der Waals surface area contributed by atoms with Gasteiger partial charge in [0.25, 0.3) is 0 Å². The Kier molecular flexibility index (Phi) is 2.87. The van der Waals surface area contributed by atoms with Crippen LogP contribution in [-0.4, -0.2) is 21.2 Å². The molecule has 1 aliphatic heterocycles. The van der Waals surface area contributed by atoms with E-state index in [1.54, 1.807) is 22.4 Å². The van der Waals surface area contributed by atoms with Gasteiger partial charge in [-0.2, -0.15) is 0 Å². The normalized spacial score (nSPS) is 35.0. The Bertz CT molecular complexity index is 552. The molecule has 0 saturated heterocycles. The number of hydrogen-bond donors (Lipinski definition) is 1.